The molecule has 60 valence electrons. The predicted octanol–water partition coefficient (Wildman–Crippen LogP) is 0.420. The van der Waals surface area contributed by atoms with E-state index in [9.17, 15) is 4.79 Å². The van der Waals surface area contributed by atoms with Crippen LogP contribution in [0.2, 0.25) is 0 Å². The van der Waals surface area contributed by atoms with Crippen molar-refractivity contribution in [2.45, 2.75) is 18.9 Å². The van der Waals surface area contributed by atoms with Gasteiger partial charge in [0.2, 0.25) is 0 Å². The molecule has 2 saturated heterocycles. The number of ketones is 1. The third kappa shape index (κ3) is 1.30. The molecule has 3 heteroatoms. The quantitative estimate of drug-likeness (QED) is 0.549. The van der Waals surface area contributed by atoms with E-state index in [-0.39, 0.29) is 24.4 Å². The summed E-state index contributed by atoms with van der Waals surface area (Å²) in [7, 11) is 0. The lowest BCUT2D eigenvalue weighted by molar-refractivity contribution is -0.123. The van der Waals surface area contributed by atoms with Gasteiger partial charge in [0.15, 0.2) is 5.78 Å². The van der Waals surface area contributed by atoms with Crippen molar-refractivity contribution in [2.75, 3.05) is 13.2 Å². The fourth-order valence-corrected chi connectivity index (χ4v) is 1.51. The smallest absolute Gasteiger partial charge is 0.167 e. The summed E-state index contributed by atoms with van der Waals surface area (Å²) in [6.07, 6.45) is 2.06. The van der Waals surface area contributed by atoms with Crippen LogP contribution in [0.3, 0.4) is 0 Å². The summed E-state index contributed by atoms with van der Waals surface area (Å²) in [5, 5.41) is 0. The molecule has 2 aliphatic rings. The molecule has 2 rings (SSSR count). The van der Waals surface area contributed by atoms with Crippen molar-refractivity contribution >= 4 is 5.78 Å². The van der Waals surface area contributed by atoms with Crippen LogP contribution in [0.5, 0.6) is 0 Å². The molecule has 0 amide bonds. The molecular weight excluding hydrogens is 144 g/mol. The molecule has 0 aromatic rings. The standard InChI is InChI=1S/C8H10O3/c9-7-5-10-4-6(7)8-2-1-3-11-8/h6,8H,1-3,5H2. The minimum atomic E-state index is -0.211. The predicted molar refractivity (Wildman–Crippen MR) is 36.7 cm³/mol. The van der Waals surface area contributed by atoms with Crippen LogP contribution in [0.25, 0.3) is 0 Å². The first-order chi connectivity index (χ1) is 5.38. The van der Waals surface area contributed by atoms with Crippen molar-refractivity contribution < 1.29 is 14.3 Å². The molecular formula is C8H10O3. The molecule has 0 aromatic heterocycles. The van der Waals surface area contributed by atoms with E-state index in [1.165, 1.54) is 0 Å². The summed E-state index contributed by atoms with van der Waals surface area (Å²) in [5.41, 5.74) is 0. The number of Topliss-reactive ketones (excluding diaryl/α,β-unsaturated/α-hetero) is 1. The molecule has 2 heterocycles. The minimum Gasteiger partial charge on any atom is -0.377 e. The average molecular weight is 154 g/mol. The number of hydrogen-bond acceptors (Lipinski definition) is 3. The monoisotopic (exact) mass is 154 g/mol. The molecule has 2 radical (unpaired) electrons. The maximum atomic E-state index is 11.1. The summed E-state index contributed by atoms with van der Waals surface area (Å²) in [6.45, 7) is 3.63. The molecule has 0 N–H and O–H groups in total. The number of carbonyl (C=O) groups excluding carboxylic acids is 1. The third-order valence-electron chi connectivity index (χ3n) is 2.11. The minimum absolute atomic E-state index is 0.0463. The Morgan fingerprint density at radius 1 is 1.55 bits per heavy atom. The number of ether oxygens (including phenoxy) is 2. The van der Waals surface area contributed by atoms with Gasteiger partial charge < -0.3 is 9.47 Å². The number of hydrogen-bond donors (Lipinski definition) is 0. The van der Waals surface area contributed by atoms with Crippen molar-refractivity contribution in [2.24, 2.45) is 5.92 Å². The zero-order valence-corrected chi connectivity index (χ0v) is 6.21. The van der Waals surface area contributed by atoms with E-state index < -0.39 is 0 Å². The Labute approximate surface area is 65.7 Å². The van der Waals surface area contributed by atoms with Crippen LogP contribution in [-0.2, 0) is 14.3 Å². The summed E-state index contributed by atoms with van der Waals surface area (Å²) in [5.74, 6) is -0.102. The lowest BCUT2D eigenvalue weighted by atomic mass is 9.98. The molecule has 3 nitrogen and oxygen atoms in total. The molecule has 2 aliphatic heterocycles. The molecule has 11 heavy (non-hydrogen) atoms. The summed E-state index contributed by atoms with van der Waals surface area (Å²) < 4.78 is 10.1. The second-order valence-corrected chi connectivity index (χ2v) is 2.90. The Balaban J connectivity index is 1.97. The van der Waals surface area contributed by atoms with Gasteiger partial charge in [0.1, 0.15) is 13.2 Å². The zero-order valence-electron chi connectivity index (χ0n) is 6.21. The van der Waals surface area contributed by atoms with Crippen molar-refractivity contribution in [3.63, 3.8) is 0 Å². The van der Waals surface area contributed by atoms with Crippen LogP contribution in [0.1, 0.15) is 12.8 Å². The molecule has 0 bridgehead atoms. The van der Waals surface area contributed by atoms with Gasteiger partial charge in [-0.25, -0.2) is 0 Å². The summed E-state index contributed by atoms with van der Waals surface area (Å²) >= 11 is 0. The van der Waals surface area contributed by atoms with E-state index in [0.29, 0.717) is 0 Å². The van der Waals surface area contributed by atoms with Gasteiger partial charge in [-0.1, -0.05) is 0 Å². The van der Waals surface area contributed by atoms with E-state index in [4.69, 9.17) is 9.47 Å². The van der Waals surface area contributed by atoms with Gasteiger partial charge in [0, 0.05) is 6.61 Å². The Kier molecular flexibility index (Phi) is 1.92. The summed E-state index contributed by atoms with van der Waals surface area (Å²) in [4.78, 5) is 11.1. The molecule has 2 unspecified atom stereocenters. The van der Waals surface area contributed by atoms with Crippen LogP contribution in [0, 0.1) is 12.5 Å². The molecule has 0 saturated carbocycles. The van der Waals surface area contributed by atoms with Crippen LogP contribution < -0.4 is 0 Å². The lowest BCUT2D eigenvalue weighted by Crippen LogP contribution is -2.24. The number of carbonyl (C=O) groups is 1. The topological polar surface area (TPSA) is 35.5 Å². The highest BCUT2D eigenvalue weighted by Gasteiger charge is 2.36. The lowest BCUT2D eigenvalue weighted by Gasteiger charge is -2.12. The van der Waals surface area contributed by atoms with Crippen LogP contribution in [-0.4, -0.2) is 25.1 Å². The molecule has 0 spiro atoms. The van der Waals surface area contributed by atoms with Gasteiger partial charge in [-0.2, -0.15) is 0 Å². The van der Waals surface area contributed by atoms with Crippen molar-refractivity contribution in [3.05, 3.63) is 6.61 Å². The van der Waals surface area contributed by atoms with E-state index in [1.54, 1.807) is 0 Å². The van der Waals surface area contributed by atoms with E-state index >= 15 is 0 Å². The van der Waals surface area contributed by atoms with Crippen LogP contribution in [0.15, 0.2) is 0 Å². The first-order valence-corrected chi connectivity index (χ1v) is 3.89. The summed E-state index contributed by atoms with van der Waals surface area (Å²) in [6, 6.07) is 0. The molecule has 0 aromatic carbocycles. The Hall–Kier alpha value is -0.410. The Morgan fingerprint density at radius 2 is 2.45 bits per heavy atom. The number of rotatable bonds is 1. The van der Waals surface area contributed by atoms with Gasteiger partial charge in [-0.15, -0.1) is 0 Å². The first-order valence-electron chi connectivity index (χ1n) is 3.89. The van der Waals surface area contributed by atoms with Crippen molar-refractivity contribution in [3.8, 4) is 0 Å². The van der Waals surface area contributed by atoms with E-state index in [1.807, 2.05) is 0 Å². The normalized spacial score (nSPS) is 38.4. The van der Waals surface area contributed by atoms with Gasteiger partial charge in [0.25, 0.3) is 0 Å². The molecule has 0 aliphatic carbocycles. The fraction of sp³-hybridized carbons (Fsp3) is 0.750. The van der Waals surface area contributed by atoms with Crippen LogP contribution in [0.4, 0.5) is 0 Å². The van der Waals surface area contributed by atoms with Gasteiger partial charge >= 0.3 is 0 Å². The Bertz CT molecular complexity index is 161. The zero-order chi connectivity index (χ0) is 7.68. The highest BCUT2D eigenvalue weighted by molar-refractivity contribution is 5.85. The second kappa shape index (κ2) is 2.91. The van der Waals surface area contributed by atoms with Gasteiger partial charge in [-0.3, -0.25) is 4.79 Å². The van der Waals surface area contributed by atoms with Gasteiger partial charge in [0.05, 0.1) is 12.0 Å². The molecule has 2 fully saturated rings. The fourth-order valence-electron chi connectivity index (χ4n) is 1.51. The first kappa shape index (κ1) is 7.25. The highest BCUT2D eigenvalue weighted by atomic mass is 16.5. The average Bonchev–Trinajstić information content (AvgIpc) is 2.55. The van der Waals surface area contributed by atoms with E-state index in [0.717, 1.165) is 19.4 Å². The largest absolute Gasteiger partial charge is 0.377 e. The van der Waals surface area contributed by atoms with Gasteiger partial charge in [-0.05, 0) is 12.8 Å². The van der Waals surface area contributed by atoms with Crippen molar-refractivity contribution in [1.82, 2.24) is 0 Å². The Morgan fingerprint density at radius 3 is 3.00 bits per heavy atom. The molecule has 2 atom stereocenters. The maximum absolute atomic E-state index is 11.1. The maximum Gasteiger partial charge on any atom is 0.167 e. The third-order valence-corrected chi connectivity index (χ3v) is 2.11. The van der Waals surface area contributed by atoms with Crippen molar-refractivity contribution in [1.29, 1.82) is 0 Å². The second-order valence-electron chi connectivity index (χ2n) is 2.90. The van der Waals surface area contributed by atoms with E-state index in [2.05, 4.69) is 6.61 Å². The highest BCUT2D eigenvalue weighted by Crippen LogP contribution is 2.26. The van der Waals surface area contributed by atoms with Crippen LogP contribution >= 0.6 is 0 Å². The SMILES string of the molecule is O=C1CO[C]C1C1CCCO1.